The Morgan fingerprint density at radius 2 is 0.425 bits per heavy atom. The van der Waals surface area contributed by atoms with Crippen molar-refractivity contribution >= 4 is 122 Å². The molecule has 24 rings (SSSR count). The van der Waals surface area contributed by atoms with Crippen LogP contribution in [0, 0.1) is 0 Å². The smallest absolute Gasteiger partial charge is 0.143 e. The summed E-state index contributed by atoms with van der Waals surface area (Å²) in [5.41, 5.74) is 38.0. The standard InChI is InChI=1S/2C57H39NO2/c1-57(2)51-34-39(36-12-4-3-5-13-36)26-32-45(51)46-33-31-42(35-52(46)57)58(40-27-22-37(23-28-40)43-16-10-18-49-47-14-6-8-20-53(47)59-55(43)49)41-29-24-38(25-30-41)44-17-11-19-50-48-15-7-9-21-54(48)60-56(44)50;1-57(2)51-34-41(36-10-4-3-5-11-36)20-28-45(51)46-29-27-44(35-52(46)57)58(42-23-16-37(17-24-42)39-21-30-55-49(32-39)47-12-6-8-14-53(47)59-55)43-25-18-38(19-26-43)40-22-31-56-50(33-40)48-13-7-9-15-54(48)60-56/h2*3-35H,1-2H3. The zero-order valence-electron chi connectivity index (χ0n) is 66.6. The number of para-hydroxylation sites is 6. The van der Waals surface area contributed by atoms with Crippen LogP contribution in [0.15, 0.2) is 418 Å². The van der Waals surface area contributed by atoms with Gasteiger partial charge in [0.1, 0.15) is 44.7 Å². The van der Waals surface area contributed by atoms with Crippen molar-refractivity contribution in [2.75, 3.05) is 9.80 Å². The number of hydrogen-bond acceptors (Lipinski definition) is 6. The molecule has 0 amide bonds. The van der Waals surface area contributed by atoms with Gasteiger partial charge in [0, 0.05) is 99.2 Å². The van der Waals surface area contributed by atoms with E-state index < -0.39 is 0 Å². The van der Waals surface area contributed by atoms with Gasteiger partial charge in [-0.25, -0.2) is 0 Å². The molecule has 0 bridgehead atoms. The van der Waals surface area contributed by atoms with Crippen LogP contribution >= 0.6 is 0 Å². The molecule has 4 heterocycles. The van der Waals surface area contributed by atoms with Crippen molar-refractivity contribution in [3.8, 4) is 89.0 Å². The Morgan fingerprint density at radius 3 is 0.800 bits per heavy atom. The summed E-state index contributed by atoms with van der Waals surface area (Å²) in [6.07, 6.45) is 0. The maximum Gasteiger partial charge on any atom is 0.143 e. The van der Waals surface area contributed by atoms with E-state index in [9.17, 15) is 0 Å². The summed E-state index contributed by atoms with van der Waals surface area (Å²) in [7, 11) is 0. The van der Waals surface area contributed by atoms with Crippen LogP contribution in [0.3, 0.4) is 0 Å². The number of anilines is 6. The Hall–Kier alpha value is -15.2. The molecule has 6 heteroatoms. The quantitative estimate of drug-likeness (QED) is 0.121. The fraction of sp³-hybridized carbons (Fsp3) is 0.0526. The zero-order chi connectivity index (χ0) is 79.9. The van der Waals surface area contributed by atoms with Gasteiger partial charge in [-0.05, 0) is 234 Å². The number of rotatable bonds is 12. The topological polar surface area (TPSA) is 59.0 Å². The molecule has 2 aliphatic rings. The van der Waals surface area contributed by atoms with E-state index in [-0.39, 0.29) is 10.8 Å². The average molecular weight is 1540 g/mol. The molecule has 2 aliphatic carbocycles. The van der Waals surface area contributed by atoms with Crippen LogP contribution in [-0.2, 0) is 10.8 Å². The van der Waals surface area contributed by atoms with Crippen LogP contribution in [0.2, 0.25) is 0 Å². The van der Waals surface area contributed by atoms with Crippen molar-refractivity contribution in [1.29, 1.82) is 0 Å². The molecule has 0 fully saturated rings. The summed E-state index contributed by atoms with van der Waals surface area (Å²) in [6.45, 7) is 9.46. The van der Waals surface area contributed by atoms with Gasteiger partial charge in [-0.15, -0.1) is 0 Å². The van der Waals surface area contributed by atoms with Crippen molar-refractivity contribution in [3.63, 3.8) is 0 Å². The number of hydrogen-bond donors (Lipinski definition) is 0. The Kier molecular flexibility index (Phi) is 16.2. The third-order valence-corrected chi connectivity index (χ3v) is 25.4. The van der Waals surface area contributed by atoms with Gasteiger partial charge in [-0.3, -0.25) is 0 Å². The minimum absolute atomic E-state index is 0.184. The second kappa shape index (κ2) is 27.7. The summed E-state index contributed by atoms with van der Waals surface area (Å²) >= 11 is 0. The zero-order valence-corrected chi connectivity index (χ0v) is 66.6. The first-order valence-electron chi connectivity index (χ1n) is 41.3. The molecule has 0 aliphatic heterocycles. The molecular weight excluding hydrogens is 1460 g/mol. The molecule has 568 valence electrons. The minimum atomic E-state index is -0.193. The van der Waals surface area contributed by atoms with E-state index in [4.69, 9.17) is 17.7 Å². The molecule has 0 spiro atoms. The maximum absolute atomic E-state index is 6.45. The second-order valence-corrected chi connectivity index (χ2v) is 33.0. The summed E-state index contributed by atoms with van der Waals surface area (Å²) < 4.78 is 25.2. The highest BCUT2D eigenvalue weighted by atomic mass is 16.3. The van der Waals surface area contributed by atoms with Crippen LogP contribution in [-0.4, -0.2) is 0 Å². The normalized spacial score (nSPS) is 13.0. The molecule has 4 aromatic heterocycles. The van der Waals surface area contributed by atoms with E-state index in [1.54, 1.807) is 0 Å². The van der Waals surface area contributed by atoms with Gasteiger partial charge in [0.05, 0.1) is 0 Å². The molecular formula is C114H78N2O4. The fourth-order valence-corrected chi connectivity index (χ4v) is 19.2. The molecule has 0 saturated carbocycles. The highest BCUT2D eigenvalue weighted by molar-refractivity contribution is 6.12. The monoisotopic (exact) mass is 1540 g/mol. The molecule has 22 aromatic rings. The number of furan rings is 4. The van der Waals surface area contributed by atoms with Gasteiger partial charge in [0.2, 0.25) is 0 Å². The van der Waals surface area contributed by atoms with E-state index in [0.29, 0.717) is 0 Å². The van der Waals surface area contributed by atoms with Crippen LogP contribution in [0.5, 0.6) is 0 Å². The van der Waals surface area contributed by atoms with Crippen molar-refractivity contribution in [3.05, 3.63) is 423 Å². The Morgan fingerprint density at radius 1 is 0.167 bits per heavy atom. The van der Waals surface area contributed by atoms with Crippen molar-refractivity contribution < 1.29 is 17.7 Å². The lowest BCUT2D eigenvalue weighted by atomic mass is 9.81. The fourth-order valence-electron chi connectivity index (χ4n) is 19.2. The van der Waals surface area contributed by atoms with Crippen LogP contribution in [0.4, 0.5) is 34.1 Å². The lowest BCUT2D eigenvalue weighted by Crippen LogP contribution is -2.16. The van der Waals surface area contributed by atoms with Gasteiger partial charge >= 0.3 is 0 Å². The van der Waals surface area contributed by atoms with Crippen LogP contribution in [0.1, 0.15) is 49.9 Å². The van der Waals surface area contributed by atoms with Gasteiger partial charge in [-0.1, -0.05) is 295 Å². The largest absolute Gasteiger partial charge is 0.456 e. The average Bonchev–Trinajstić information content (AvgIpc) is 1.56. The Balaban J connectivity index is 0.000000140. The molecule has 0 saturated heterocycles. The molecule has 18 aromatic carbocycles. The second-order valence-electron chi connectivity index (χ2n) is 33.0. The molecule has 0 N–H and O–H groups in total. The van der Waals surface area contributed by atoms with Gasteiger partial charge in [-0.2, -0.15) is 0 Å². The van der Waals surface area contributed by atoms with Crippen molar-refractivity contribution in [2.24, 2.45) is 0 Å². The Labute approximate surface area is 695 Å². The first kappa shape index (κ1) is 70.2. The van der Waals surface area contributed by atoms with E-state index >= 15 is 0 Å². The highest BCUT2D eigenvalue weighted by Crippen LogP contribution is 2.55. The highest BCUT2D eigenvalue weighted by Gasteiger charge is 2.38. The summed E-state index contributed by atoms with van der Waals surface area (Å²) in [6, 6.07) is 144. The van der Waals surface area contributed by atoms with Gasteiger partial charge in [0.25, 0.3) is 0 Å². The Bertz CT molecular complexity index is 7500. The maximum atomic E-state index is 6.45. The lowest BCUT2D eigenvalue weighted by Gasteiger charge is -2.28. The van der Waals surface area contributed by atoms with E-state index in [1.807, 2.05) is 48.5 Å². The van der Waals surface area contributed by atoms with Crippen LogP contribution in [0.25, 0.3) is 177 Å². The first-order chi connectivity index (χ1) is 58.9. The molecule has 0 atom stereocenters. The predicted molar refractivity (Wildman–Crippen MR) is 499 cm³/mol. The van der Waals surface area contributed by atoms with Crippen LogP contribution < -0.4 is 9.80 Å². The third-order valence-electron chi connectivity index (χ3n) is 25.4. The number of fused-ring (bicyclic) bond motifs is 18. The van der Waals surface area contributed by atoms with Crippen molar-refractivity contribution in [2.45, 2.75) is 38.5 Å². The molecule has 0 unspecified atom stereocenters. The van der Waals surface area contributed by atoms with E-state index in [1.165, 1.54) is 66.8 Å². The van der Waals surface area contributed by atoms with Gasteiger partial charge < -0.3 is 27.5 Å². The molecule has 0 radical (unpaired) electrons. The van der Waals surface area contributed by atoms with Crippen molar-refractivity contribution in [1.82, 2.24) is 0 Å². The minimum Gasteiger partial charge on any atom is -0.456 e. The summed E-state index contributed by atoms with van der Waals surface area (Å²) in [4.78, 5) is 4.77. The number of nitrogens with zero attached hydrogens (tertiary/aromatic N) is 2. The lowest BCUT2D eigenvalue weighted by molar-refractivity contribution is 0.660. The molecule has 6 nitrogen and oxygen atoms in total. The van der Waals surface area contributed by atoms with Gasteiger partial charge in [0.15, 0.2) is 0 Å². The predicted octanol–water partition coefficient (Wildman–Crippen LogP) is 32.5. The third kappa shape index (κ3) is 11.6. The number of benzene rings is 18. The van der Waals surface area contributed by atoms with E-state index in [2.05, 4.69) is 389 Å². The first-order valence-corrected chi connectivity index (χ1v) is 41.3. The SMILES string of the molecule is CC1(C)c2cc(-c3ccccc3)ccc2-c2ccc(N(c3ccc(-c4ccc5oc6ccccc6c5c4)cc3)c3ccc(-c4ccc5oc6ccccc6c5c4)cc3)cc21.CC1(C)c2cc(-c3ccccc3)ccc2-c2ccc(N(c3ccc(-c4cccc5c4oc4ccccc45)cc3)c3ccc(-c4cccc5c4oc4ccccc45)cc3)cc21. The molecule has 120 heavy (non-hydrogen) atoms. The summed E-state index contributed by atoms with van der Waals surface area (Å²) in [5.74, 6) is 0. The van der Waals surface area contributed by atoms with E-state index in [0.717, 1.165) is 166 Å². The summed E-state index contributed by atoms with van der Waals surface area (Å²) in [5, 5.41) is 9.06.